The Labute approximate surface area is 104 Å². The Morgan fingerprint density at radius 1 is 1.56 bits per heavy atom. The SMILES string of the molecule is CCCN(c1cccc(Br)c1)[C@H](C)C(=O)O. The molecule has 1 aromatic carbocycles. The molecule has 0 saturated heterocycles. The van der Waals surface area contributed by atoms with Crippen LogP contribution in [-0.4, -0.2) is 23.7 Å². The maximum absolute atomic E-state index is 11.0. The summed E-state index contributed by atoms with van der Waals surface area (Å²) in [7, 11) is 0. The predicted molar refractivity (Wildman–Crippen MR) is 68.9 cm³/mol. The van der Waals surface area contributed by atoms with E-state index in [0.29, 0.717) is 0 Å². The van der Waals surface area contributed by atoms with Crippen LogP contribution in [0.3, 0.4) is 0 Å². The molecule has 0 aliphatic carbocycles. The molecule has 0 bridgehead atoms. The quantitative estimate of drug-likeness (QED) is 0.904. The summed E-state index contributed by atoms with van der Waals surface area (Å²) >= 11 is 3.39. The van der Waals surface area contributed by atoms with Gasteiger partial charge in [0.1, 0.15) is 6.04 Å². The van der Waals surface area contributed by atoms with E-state index in [2.05, 4.69) is 15.9 Å². The van der Waals surface area contributed by atoms with Gasteiger partial charge in [-0.05, 0) is 31.5 Å². The number of carboxylic acids is 1. The second-order valence-corrected chi connectivity index (χ2v) is 4.60. The van der Waals surface area contributed by atoms with Crippen molar-refractivity contribution in [3.63, 3.8) is 0 Å². The number of carbonyl (C=O) groups is 1. The third-order valence-electron chi connectivity index (χ3n) is 2.43. The molecule has 0 heterocycles. The average molecular weight is 286 g/mol. The van der Waals surface area contributed by atoms with E-state index in [1.54, 1.807) is 6.92 Å². The molecule has 0 unspecified atom stereocenters. The van der Waals surface area contributed by atoms with E-state index in [-0.39, 0.29) is 0 Å². The predicted octanol–water partition coefficient (Wildman–Crippen LogP) is 3.14. The molecule has 1 aromatic rings. The molecule has 0 fully saturated rings. The third kappa shape index (κ3) is 3.23. The van der Waals surface area contributed by atoms with Crippen LogP contribution < -0.4 is 4.90 Å². The zero-order chi connectivity index (χ0) is 12.1. The highest BCUT2D eigenvalue weighted by Crippen LogP contribution is 2.22. The highest BCUT2D eigenvalue weighted by Gasteiger charge is 2.20. The van der Waals surface area contributed by atoms with Crippen molar-refractivity contribution >= 4 is 27.6 Å². The van der Waals surface area contributed by atoms with Crippen LogP contribution >= 0.6 is 15.9 Å². The first kappa shape index (κ1) is 13.0. The topological polar surface area (TPSA) is 40.5 Å². The highest BCUT2D eigenvalue weighted by molar-refractivity contribution is 9.10. The number of halogens is 1. The smallest absolute Gasteiger partial charge is 0.326 e. The summed E-state index contributed by atoms with van der Waals surface area (Å²) in [5.41, 5.74) is 0.936. The standard InChI is InChI=1S/C12H16BrNO2/c1-3-7-14(9(2)12(15)16)11-6-4-5-10(13)8-11/h4-6,8-9H,3,7H2,1-2H3,(H,15,16)/t9-/m1/s1. The maximum Gasteiger partial charge on any atom is 0.326 e. The molecule has 0 aromatic heterocycles. The summed E-state index contributed by atoms with van der Waals surface area (Å²) in [6.45, 7) is 4.49. The summed E-state index contributed by atoms with van der Waals surface area (Å²) < 4.78 is 0.962. The second kappa shape index (κ2) is 5.89. The van der Waals surface area contributed by atoms with Gasteiger partial charge in [0, 0.05) is 16.7 Å². The lowest BCUT2D eigenvalue weighted by Gasteiger charge is -2.28. The molecule has 0 amide bonds. The van der Waals surface area contributed by atoms with Gasteiger partial charge in [-0.3, -0.25) is 0 Å². The maximum atomic E-state index is 11.0. The number of hydrogen-bond donors (Lipinski definition) is 1. The van der Waals surface area contributed by atoms with Crippen LogP contribution in [0, 0.1) is 0 Å². The fourth-order valence-electron chi connectivity index (χ4n) is 1.58. The Bertz CT molecular complexity index is 368. The van der Waals surface area contributed by atoms with Crippen LogP contribution in [0.4, 0.5) is 5.69 Å². The highest BCUT2D eigenvalue weighted by atomic mass is 79.9. The molecule has 0 spiro atoms. The van der Waals surface area contributed by atoms with E-state index in [4.69, 9.17) is 5.11 Å². The molecule has 0 aliphatic heterocycles. The van der Waals surface area contributed by atoms with Crippen molar-refractivity contribution in [2.24, 2.45) is 0 Å². The minimum atomic E-state index is -0.798. The van der Waals surface area contributed by atoms with Crippen molar-refractivity contribution in [2.45, 2.75) is 26.3 Å². The number of aliphatic carboxylic acids is 1. The van der Waals surface area contributed by atoms with Gasteiger partial charge in [0.05, 0.1) is 0 Å². The molecular formula is C12H16BrNO2. The molecule has 4 heteroatoms. The minimum Gasteiger partial charge on any atom is -0.480 e. The van der Waals surface area contributed by atoms with Crippen molar-refractivity contribution in [3.8, 4) is 0 Å². The average Bonchev–Trinajstić information content (AvgIpc) is 2.24. The molecule has 3 nitrogen and oxygen atoms in total. The molecule has 1 rings (SSSR count). The molecule has 1 atom stereocenters. The fourth-order valence-corrected chi connectivity index (χ4v) is 1.96. The van der Waals surface area contributed by atoms with Gasteiger partial charge in [-0.1, -0.05) is 28.9 Å². The number of rotatable bonds is 5. The van der Waals surface area contributed by atoms with E-state index in [1.807, 2.05) is 36.1 Å². The molecule has 0 aliphatic rings. The van der Waals surface area contributed by atoms with Gasteiger partial charge >= 0.3 is 5.97 Å². The van der Waals surface area contributed by atoms with Gasteiger partial charge in [0.25, 0.3) is 0 Å². The molecular weight excluding hydrogens is 270 g/mol. The summed E-state index contributed by atoms with van der Waals surface area (Å²) in [4.78, 5) is 12.9. The van der Waals surface area contributed by atoms with Crippen molar-refractivity contribution in [3.05, 3.63) is 28.7 Å². The van der Waals surface area contributed by atoms with Crippen molar-refractivity contribution in [2.75, 3.05) is 11.4 Å². The van der Waals surface area contributed by atoms with Gasteiger partial charge in [0.2, 0.25) is 0 Å². The first-order valence-corrected chi connectivity index (χ1v) is 6.10. The van der Waals surface area contributed by atoms with Gasteiger partial charge in [0.15, 0.2) is 0 Å². The molecule has 88 valence electrons. The minimum absolute atomic E-state index is 0.505. The number of nitrogens with zero attached hydrogens (tertiary/aromatic N) is 1. The van der Waals surface area contributed by atoms with E-state index in [0.717, 1.165) is 23.1 Å². The molecule has 0 saturated carbocycles. The Balaban J connectivity index is 2.97. The summed E-state index contributed by atoms with van der Waals surface area (Å²) in [5, 5.41) is 9.06. The zero-order valence-electron chi connectivity index (χ0n) is 9.48. The van der Waals surface area contributed by atoms with E-state index >= 15 is 0 Å². The Morgan fingerprint density at radius 3 is 2.75 bits per heavy atom. The van der Waals surface area contributed by atoms with E-state index in [1.165, 1.54) is 0 Å². The van der Waals surface area contributed by atoms with Gasteiger partial charge in [-0.15, -0.1) is 0 Å². The zero-order valence-corrected chi connectivity index (χ0v) is 11.1. The van der Waals surface area contributed by atoms with Crippen LogP contribution in [0.25, 0.3) is 0 Å². The van der Waals surface area contributed by atoms with Crippen LogP contribution in [0.2, 0.25) is 0 Å². The second-order valence-electron chi connectivity index (χ2n) is 3.69. The van der Waals surface area contributed by atoms with E-state index in [9.17, 15) is 4.79 Å². The van der Waals surface area contributed by atoms with Crippen molar-refractivity contribution in [1.29, 1.82) is 0 Å². The number of anilines is 1. The summed E-state index contributed by atoms with van der Waals surface area (Å²) in [6, 6.07) is 7.21. The van der Waals surface area contributed by atoms with Crippen LogP contribution in [0.5, 0.6) is 0 Å². The number of benzene rings is 1. The molecule has 16 heavy (non-hydrogen) atoms. The van der Waals surface area contributed by atoms with Gasteiger partial charge in [-0.25, -0.2) is 4.79 Å². The largest absolute Gasteiger partial charge is 0.480 e. The lowest BCUT2D eigenvalue weighted by Crippen LogP contribution is -2.39. The van der Waals surface area contributed by atoms with Crippen LogP contribution in [-0.2, 0) is 4.79 Å². The summed E-state index contributed by atoms with van der Waals surface area (Å²) in [6.07, 6.45) is 0.921. The molecule has 1 N–H and O–H groups in total. The van der Waals surface area contributed by atoms with Crippen LogP contribution in [0.15, 0.2) is 28.7 Å². The summed E-state index contributed by atoms with van der Waals surface area (Å²) in [5.74, 6) is -0.798. The Morgan fingerprint density at radius 2 is 2.25 bits per heavy atom. The van der Waals surface area contributed by atoms with Gasteiger partial charge in [-0.2, -0.15) is 0 Å². The first-order chi connectivity index (χ1) is 7.56. The Hall–Kier alpha value is -1.03. The monoisotopic (exact) mass is 285 g/mol. The lowest BCUT2D eigenvalue weighted by atomic mass is 10.2. The van der Waals surface area contributed by atoms with Crippen LogP contribution in [0.1, 0.15) is 20.3 Å². The number of hydrogen-bond acceptors (Lipinski definition) is 2. The first-order valence-electron chi connectivity index (χ1n) is 5.31. The lowest BCUT2D eigenvalue weighted by molar-refractivity contribution is -0.138. The van der Waals surface area contributed by atoms with Gasteiger partial charge < -0.3 is 10.0 Å². The Kier molecular flexibility index (Phi) is 4.80. The van der Waals surface area contributed by atoms with Crippen molar-refractivity contribution in [1.82, 2.24) is 0 Å². The fraction of sp³-hybridized carbons (Fsp3) is 0.417. The molecule has 0 radical (unpaired) electrons. The number of carboxylic acid groups (broad SMARTS) is 1. The van der Waals surface area contributed by atoms with E-state index < -0.39 is 12.0 Å². The normalized spacial score (nSPS) is 12.2. The third-order valence-corrected chi connectivity index (χ3v) is 2.92. The van der Waals surface area contributed by atoms with Crippen molar-refractivity contribution < 1.29 is 9.90 Å².